The van der Waals surface area contributed by atoms with E-state index in [0.717, 1.165) is 33.9 Å². The topological polar surface area (TPSA) is 219 Å². The van der Waals surface area contributed by atoms with Crippen LogP contribution in [0.25, 0.3) is 27.9 Å². The number of aromatic amines is 3. The number of benzene rings is 2. The van der Waals surface area contributed by atoms with Gasteiger partial charge in [-0.25, -0.2) is 8.78 Å². The highest BCUT2D eigenvalue weighted by molar-refractivity contribution is 5.86. The minimum Gasteiger partial charge on any atom is -0.424 e. The van der Waals surface area contributed by atoms with Crippen LogP contribution >= 0.6 is 0 Å². The summed E-state index contributed by atoms with van der Waals surface area (Å²) in [5, 5.41) is 30.8. The molecule has 0 amide bonds. The van der Waals surface area contributed by atoms with Gasteiger partial charge in [0.2, 0.25) is 5.88 Å². The molecule has 18 nitrogen and oxygen atoms in total. The molecule has 8 aromatic rings. The second kappa shape index (κ2) is 17.7. The zero-order valence-electron chi connectivity index (χ0n) is 35.7. The van der Waals surface area contributed by atoms with Crippen molar-refractivity contribution in [3.8, 4) is 23.5 Å². The molecule has 1 saturated heterocycles. The van der Waals surface area contributed by atoms with E-state index in [2.05, 4.69) is 72.1 Å². The molecule has 7 N–H and O–H groups in total. The Bertz CT molecular complexity index is 3000. The van der Waals surface area contributed by atoms with Crippen LogP contribution in [0.2, 0.25) is 0 Å². The second-order valence-electron chi connectivity index (χ2n) is 15.6. The maximum absolute atomic E-state index is 16.3. The molecule has 9 rings (SSSR count). The highest BCUT2D eigenvalue weighted by Crippen LogP contribution is 2.35. The molecule has 0 aliphatic carbocycles. The number of nitrogens with zero attached hydrogens (tertiary/aromatic N) is 8. The first-order chi connectivity index (χ1) is 31.0. The summed E-state index contributed by atoms with van der Waals surface area (Å²) in [6.07, 6.45) is 4.14. The van der Waals surface area contributed by atoms with Crippen LogP contribution in [0.3, 0.4) is 0 Å². The van der Waals surface area contributed by atoms with Gasteiger partial charge in [0.15, 0.2) is 23.2 Å². The molecule has 0 saturated carbocycles. The van der Waals surface area contributed by atoms with Crippen molar-refractivity contribution < 1.29 is 27.9 Å². The quantitative estimate of drug-likeness (QED) is 0.0519. The van der Waals surface area contributed by atoms with Crippen LogP contribution in [0.4, 0.5) is 43.8 Å². The van der Waals surface area contributed by atoms with E-state index in [0.29, 0.717) is 66.5 Å². The van der Waals surface area contributed by atoms with Crippen LogP contribution in [0.5, 0.6) is 23.5 Å². The zero-order chi connectivity index (χ0) is 44.5. The molecular weight excluding hydrogens is 827 g/mol. The number of fused-ring (bicyclic) bond motifs is 2. The van der Waals surface area contributed by atoms with Gasteiger partial charge in [-0.2, -0.15) is 25.0 Å². The molecule has 1 fully saturated rings. The Labute approximate surface area is 365 Å². The van der Waals surface area contributed by atoms with Gasteiger partial charge in [0.1, 0.15) is 29.0 Å². The molecule has 64 heavy (non-hydrogen) atoms. The number of aliphatic hydroxyl groups is 1. The standard InChI is InChI=1S/C44H46F2N14O4/c1-6-7-26-18-38(57-56-26)50-36-20-35(47-10-13-61)52-43(53-36)63-34-19-31(45)42-30(41(34)46)17-27(49-42)16-28-22-60(12-11-59(28)5)39-21-37(51-40-15-24(3)58-64-40)54-44(55-39)62-33-9-8-32-29(25(33)4)14-23(2)48-32/h6-9,14-15,17-21,28,48-49,61H,10-13,16,22H2,1-5H3,(H,51,54,55)(H3,47,50,52,53,56,57)/b7-6+. The normalized spacial score (nSPS) is 14.6. The number of aryl methyl sites for hydroxylation is 3. The van der Waals surface area contributed by atoms with Crippen LogP contribution in [0.1, 0.15) is 35.3 Å². The number of likely N-dealkylation sites (N-methyl/N-ethyl adjacent to an activating group) is 1. The molecule has 0 bridgehead atoms. The van der Waals surface area contributed by atoms with E-state index in [4.69, 9.17) is 19.0 Å². The highest BCUT2D eigenvalue weighted by Gasteiger charge is 2.28. The van der Waals surface area contributed by atoms with Gasteiger partial charge < -0.3 is 49.9 Å². The highest BCUT2D eigenvalue weighted by atomic mass is 19.1. The van der Waals surface area contributed by atoms with Crippen LogP contribution in [0, 0.1) is 32.4 Å². The van der Waals surface area contributed by atoms with E-state index >= 15 is 8.78 Å². The summed E-state index contributed by atoms with van der Waals surface area (Å²) in [5.74, 6) is 1.21. The number of anilines is 6. The van der Waals surface area contributed by atoms with Crippen LogP contribution in [-0.2, 0) is 6.42 Å². The fourth-order valence-electron chi connectivity index (χ4n) is 7.68. The Balaban J connectivity index is 0.959. The summed E-state index contributed by atoms with van der Waals surface area (Å²) in [5.41, 5.74) is 5.10. The van der Waals surface area contributed by atoms with E-state index in [1.807, 2.05) is 65.1 Å². The minimum absolute atomic E-state index is 0.00603. The Morgan fingerprint density at radius 1 is 0.875 bits per heavy atom. The molecule has 330 valence electrons. The lowest BCUT2D eigenvalue weighted by Crippen LogP contribution is -2.52. The van der Waals surface area contributed by atoms with Crippen molar-refractivity contribution in [2.75, 3.05) is 60.7 Å². The summed E-state index contributed by atoms with van der Waals surface area (Å²) in [4.78, 5) is 29.1. The summed E-state index contributed by atoms with van der Waals surface area (Å²) in [6.45, 7) is 9.59. The Hall–Kier alpha value is -7.58. The third-order valence-electron chi connectivity index (χ3n) is 10.8. The smallest absolute Gasteiger partial charge is 0.326 e. The van der Waals surface area contributed by atoms with Crippen LogP contribution < -0.4 is 30.3 Å². The van der Waals surface area contributed by atoms with Crippen LogP contribution in [0.15, 0.2) is 65.2 Å². The number of aliphatic hydroxyl groups excluding tert-OH is 1. The van der Waals surface area contributed by atoms with Crippen LogP contribution in [-0.4, -0.2) is 101 Å². The summed E-state index contributed by atoms with van der Waals surface area (Å²) < 4.78 is 49.7. The largest absolute Gasteiger partial charge is 0.424 e. The molecule has 6 aromatic heterocycles. The van der Waals surface area contributed by atoms with Gasteiger partial charge >= 0.3 is 12.0 Å². The van der Waals surface area contributed by atoms with Crippen molar-refractivity contribution in [3.63, 3.8) is 0 Å². The van der Waals surface area contributed by atoms with Gasteiger partial charge in [0.05, 0.1) is 23.5 Å². The number of piperazine rings is 1. The van der Waals surface area contributed by atoms with Crippen molar-refractivity contribution in [3.05, 3.63) is 101 Å². The number of H-pyrrole nitrogens is 3. The van der Waals surface area contributed by atoms with E-state index in [1.54, 1.807) is 24.3 Å². The van der Waals surface area contributed by atoms with Crippen molar-refractivity contribution >= 4 is 62.9 Å². The molecule has 1 unspecified atom stereocenters. The number of hydrogen-bond acceptors (Lipinski definition) is 15. The molecular formula is C44H46F2N14O4. The number of rotatable bonds is 15. The monoisotopic (exact) mass is 872 g/mol. The summed E-state index contributed by atoms with van der Waals surface area (Å²) >= 11 is 0. The molecule has 20 heteroatoms. The maximum Gasteiger partial charge on any atom is 0.326 e. The van der Waals surface area contributed by atoms with Gasteiger partial charge in [-0.05, 0) is 65.1 Å². The van der Waals surface area contributed by atoms with Gasteiger partial charge in [-0.1, -0.05) is 11.2 Å². The second-order valence-corrected chi connectivity index (χ2v) is 15.6. The Morgan fingerprint density at radius 3 is 2.47 bits per heavy atom. The number of aromatic nitrogens is 9. The average molecular weight is 873 g/mol. The first kappa shape index (κ1) is 41.8. The number of hydrogen-bond donors (Lipinski definition) is 7. The first-order valence-corrected chi connectivity index (χ1v) is 20.7. The first-order valence-electron chi connectivity index (χ1n) is 20.7. The van der Waals surface area contributed by atoms with Gasteiger partial charge in [0, 0.05) is 102 Å². The van der Waals surface area contributed by atoms with Gasteiger partial charge in [-0.3, -0.25) is 10.00 Å². The number of nitrogens with one attached hydrogen (secondary N) is 6. The van der Waals surface area contributed by atoms with Crippen molar-refractivity contribution in [2.45, 2.75) is 40.2 Å². The zero-order valence-corrected chi connectivity index (χ0v) is 35.7. The predicted octanol–water partition coefficient (Wildman–Crippen LogP) is 8.02. The lowest BCUT2D eigenvalue weighted by atomic mass is 10.1. The Kier molecular flexibility index (Phi) is 11.5. The minimum atomic E-state index is -0.788. The molecule has 0 spiro atoms. The molecule has 0 radical (unpaired) electrons. The molecule has 1 aliphatic rings. The fourth-order valence-corrected chi connectivity index (χ4v) is 7.68. The lowest BCUT2D eigenvalue weighted by Gasteiger charge is -2.40. The van der Waals surface area contributed by atoms with E-state index in [9.17, 15) is 5.11 Å². The number of halogens is 2. The van der Waals surface area contributed by atoms with Crippen molar-refractivity contribution in [2.24, 2.45) is 0 Å². The number of ether oxygens (including phenoxy) is 2. The van der Waals surface area contributed by atoms with Gasteiger partial charge in [0.25, 0.3) is 0 Å². The molecule has 1 atom stereocenters. The van der Waals surface area contributed by atoms with Crippen molar-refractivity contribution in [1.82, 2.24) is 50.2 Å². The fraction of sp³-hybridized carbons (Fsp3) is 0.273. The van der Waals surface area contributed by atoms with E-state index in [-0.39, 0.29) is 53.8 Å². The average Bonchev–Trinajstić information content (AvgIpc) is 4.09. The maximum atomic E-state index is 16.3. The third-order valence-corrected chi connectivity index (χ3v) is 10.8. The third kappa shape index (κ3) is 8.99. The lowest BCUT2D eigenvalue weighted by molar-refractivity contribution is 0.215. The summed E-state index contributed by atoms with van der Waals surface area (Å²) in [6, 6.07) is 15.2. The van der Waals surface area contributed by atoms with Crippen molar-refractivity contribution in [1.29, 1.82) is 0 Å². The van der Waals surface area contributed by atoms with E-state index < -0.39 is 17.4 Å². The molecule has 7 heterocycles. The molecule has 1 aliphatic heterocycles. The molecule has 2 aromatic carbocycles. The number of allylic oxidation sites excluding steroid dienone is 1. The Morgan fingerprint density at radius 2 is 1.67 bits per heavy atom. The van der Waals surface area contributed by atoms with E-state index in [1.165, 1.54) is 0 Å². The summed E-state index contributed by atoms with van der Waals surface area (Å²) in [7, 11) is 2.02. The predicted molar refractivity (Wildman–Crippen MR) is 239 cm³/mol. The van der Waals surface area contributed by atoms with Gasteiger partial charge in [-0.15, -0.1) is 0 Å². The SMILES string of the molecule is C/C=C/c1cc(Nc2cc(NCCO)nc(Oc3cc(F)c4[nH]c(CC5CN(c6cc(Nc7cc(C)no7)nc(Oc7ccc8[nH]c(C)cc8c7C)n6)CCN5C)cc4c3F)n2)n[nH]1.